The molecule has 1 aliphatic heterocycles. The highest BCUT2D eigenvalue weighted by molar-refractivity contribution is 5.77. The van der Waals surface area contributed by atoms with Crippen LogP contribution < -0.4 is 0 Å². The molecule has 0 bridgehead atoms. The van der Waals surface area contributed by atoms with Crippen LogP contribution in [-0.2, 0) is 11.8 Å². The highest BCUT2D eigenvalue weighted by Gasteiger charge is 2.10. The molecule has 3 heteroatoms. The number of aryl methyl sites for hydroxylation is 1. The molecule has 1 aromatic carbocycles. The highest BCUT2D eigenvalue weighted by Crippen LogP contribution is 2.21. The predicted octanol–water partition coefficient (Wildman–Crippen LogP) is 2.72. The van der Waals surface area contributed by atoms with Crippen LogP contribution >= 0.6 is 0 Å². The van der Waals surface area contributed by atoms with Crippen molar-refractivity contribution in [2.24, 2.45) is 7.05 Å². The summed E-state index contributed by atoms with van der Waals surface area (Å²) in [6.45, 7) is 0.843. The number of ether oxygens (including phenoxy) is 1. The first-order valence-corrected chi connectivity index (χ1v) is 5.59. The third-order valence-electron chi connectivity index (χ3n) is 2.97. The number of benzene rings is 1. The van der Waals surface area contributed by atoms with E-state index >= 15 is 0 Å². The lowest BCUT2D eigenvalue weighted by Gasteiger charge is -1.99. The molecule has 1 saturated heterocycles. The zero-order chi connectivity index (χ0) is 11.0. The number of para-hydroxylation sites is 2. The van der Waals surface area contributed by atoms with Crippen molar-refractivity contribution in [3.05, 3.63) is 35.8 Å². The van der Waals surface area contributed by atoms with E-state index in [0.29, 0.717) is 0 Å². The van der Waals surface area contributed by atoms with E-state index in [4.69, 9.17) is 4.74 Å². The Morgan fingerprint density at radius 1 is 1.38 bits per heavy atom. The molecule has 0 amide bonds. The highest BCUT2D eigenvalue weighted by atomic mass is 16.5. The molecular formula is C13H14N2O. The summed E-state index contributed by atoms with van der Waals surface area (Å²) >= 11 is 0. The van der Waals surface area contributed by atoms with Crippen molar-refractivity contribution >= 4 is 17.1 Å². The number of imidazole rings is 1. The molecule has 0 spiro atoms. The van der Waals surface area contributed by atoms with Crippen LogP contribution in [0.1, 0.15) is 18.7 Å². The molecule has 3 rings (SSSR count). The van der Waals surface area contributed by atoms with Crippen LogP contribution in [0.4, 0.5) is 0 Å². The lowest BCUT2D eigenvalue weighted by Crippen LogP contribution is -1.92. The van der Waals surface area contributed by atoms with Gasteiger partial charge in [0.1, 0.15) is 5.82 Å². The largest absolute Gasteiger partial charge is 0.498 e. The summed E-state index contributed by atoms with van der Waals surface area (Å²) in [7, 11) is 2.04. The quantitative estimate of drug-likeness (QED) is 0.729. The third kappa shape index (κ3) is 1.48. The van der Waals surface area contributed by atoms with Crippen LogP contribution in [0.5, 0.6) is 0 Å². The van der Waals surface area contributed by atoms with Gasteiger partial charge in [0.25, 0.3) is 0 Å². The number of fused-ring (bicyclic) bond motifs is 1. The Labute approximate surface area is 94.4 Å². The first-order chi connectivity index (χ1) is 7.84. The van der Waals surface area contributed by atoms with Crippen molar-refractivity contribution < 1.29 is 4.74 Å². The van der Waals surface area contributed by atoms with E-state index < -0.39 is 0 Å². The molecule has 1 aliphatic rings. The van der Waals surface area contributed by atoms with Crippen LogP contribution in [0, 0.1) is 0 Å². The molecule has 1 fully saturated rings. The fourth-order valence-corrected chi connectivity index (χ4v) is 2.07. The number of hydrogen-bond acceptors (Lipinski definition) is 2. The van der Waals surface area contributed by atoms with Crippen molar-refractivity contribution in [2.75, 3.05) is 6.61 Å². The van der Waals surface area contributed by atoms with Crippen LogP contribution in [0.3, 0.4) is 0 Å². The molecule has 0 saturated carbocycles. The normalized spacial score (nSPS) is 18.2. The molecule has 1 aromatic heterocycles. The Morgan fingerprint density at radius 2 is 2.25 bits per heavy atom. The van der Waals surface area contributed by atoms with Gasteiger partial charge in [-0.1, -0.05) is 12.1 Å². The molecule has 3 nitrogen and oxygen atoms in total. The first kappa shape index (κ1) is 9.46. The topological polar surface area (TPSA) is 27.1 Å². The first-order valence-electron chi connectivity index (χ1n) is 5.59. The Morgan fingerprint density at radius 3 is 3.00 bits per heavy atom. The summed E-state index contributed by atoms with van der Waals surface area (Å²) in [4.78, 5) is 4.58. The monoisotopic (exact) mass is 214 g/mol. The van der Waals surface area contributed by atoms with Gasteiger partial charge in [0.15, 0.2) is 0 Å². The zero-order valence-corrected chi connectivity index (χ0v) is 9.31. The van der Waals surface area contributed by atoms with Crippen LogP contribution in [0.15, 0.2) is 30.0 Å². The van der Waals surface area contributed by atoms with Crippen LogP contribution in [-0.4, -0.2) is 16.2 Å². The van der Waals surface area contributed by atoms with E-state index in [1.54, 1.807) is 0 Å². The smallest absolute Gasteiger partial charge is 0.136 e. The average molecular weight is 214 g/mol. The van der Waals surface area contributed by atoms with Crippen molar-refractivity contribution in [2.45, 2.75) is 12.8 Å². The molecule has 2 aromatic rings. The van der Waals surface area contributed by atoms with Gasteiger partial charge >= 0.3 is 0 Å². The maximum absolute atomic E-state index is 5.52. The van der Waals surface area contributed by atoms with Gasteiger partial charge in [-0.2, -0.15) is 0 Å². The number of aromatic nitrogens is 2. The second kappa shape index (κ2) is 3.67. The third-order valence-corrected chi connectivity index (χ3v) is 2.97. The molecule has 82 valence electrons. The van der Waals surface area contributed by atoms with Gasteiger partial charge in [0.2, 0.25) is 0 Å². The minimum Gasteiger partial charge on any atom is -0.498 e. The lowest BCUT2D eigenvalue weighted by molar-refractivity contribution is 0.266. The van der Waals surface area contributed by atoms with Gasteiger partial charge in [0.05, 0.1) is 23.4 Å². The Bertz CT molecular complexity index is 546. The summed E-state index contributed by atoms with van der Waals surface area (Å²) < 4.78 is 7.62. The number of allylic oxidation sites excluding steroid dienone is 1. The van der Waals surface area contributed by atoms with Crippen molar-refractivity contribution in [1.29, 1.82) is 0 Å². The van der Waals surface area contributed by atoms with E-state index in [-0.39, 0.29) is 0 Å². The fraction of sp³-hybridized carbons (Fsp3) is 0.308. The zero-order valence-electron chi connectivity index (χ0n) is 9.31. The van der Waals surface area contributed by atoms with Crippen molar-refractivity contribution in [1.82, 2.24) is 9.55 Å². The summed E-state index contributed by atoms with van der Waals surface area (Å²) in [5, 5.41) is 0. The summed E-state index contributed by atoms with van der Waals surface area (Å²) in [6.07, 6.45) is 4.20. The van der Waals surface area contributed by atoms with Gasteiger partial charge in [-0.05, 0) is 18.6 Å². The van der Waals surface area contributed by atoms with Crippen LogP contribution in [0.25, 0.3) is 17.1 Å². The van der Waals surface area contributed by atoms with Crippen molar-refractivity contribution in [3.8, 4) is 0 Å². The molecule has 0 N–H and O–H groups in total. The lowest BCUT2D eigenvalue weighted by atomic mass is 10.3. The van der Waals surface area contributed by atoms with Gasteiger partial charge in [-0.3, -0.25) is 0 Å². The second-order valence-corrected chi connectivity index (χ2v) is 4.08. The van der Waals surface area contributed by atoms with E-state index in [1.807, 2.05) is 31.3 Å². The van der Waals surface area contributed by atoms with E-state index in [9.17, 15) is 0 Å². The standard InChI is InChI=1S/C13H14N2O/c1-15-12-7-3-2-6-11(12)14-13(15)9-10-5-4-8-16-10/h2-3,6-7,9H,4-5,8H2,1H3/b10-9-. The fourth-order valence-electron chi connectivity index (χ4n) is 2.07. The Kier molecular flexibility index (Phi) is 2.17. The minimum absolute atomic E-state index is 0.843. The molecule has 2 heterocycles. The number of hydrogen-bond donors (Lipinski definition) is 0. The molecule has 0 radical (unpaired) electrons. The van der Waals surface area contributed by atoms with E-state index in [2.05, 4.69) is 15.6 Å². The van der Waals surface area contributed by atoms with Crippen LogP contribution in [0.2, 0.25) is 0 Å². The number of rotatable bonds is 1. The molecule has 16 heavy (non-hydrogen) atoms. The Hall–Kier alpha value is -1.77. The second-order valence-electron chi connectivity index (χ2n) is 4.08. The predicted molar refractivity (Wildman–Crippen MR) is 63.9 cm³/mol. The van der Waals surface area contributed by atoms with Gasteiger partial charge < -0.3 is 9.30 Å². The Balaban J connectivity index is 2.10. The van der Waals surface area contributed by atoms with Gasteiger partial charge in [-0.15, -0.1) is 0 Å². The van der Waals surface area contributed by atoms with Crippen molar-refractivity contribution in [3.63, 3.8) is 0 Å². The molecule has 0 unspecified atom stereocenters. The number of nitrogens with zero attached hydrogens (tertiary/aromatic N) is 2. The van der Waals surface area contributed by atoms with Gasteiger partial charge in [-0.25, -0.2) is 4.98 Å². The summed E-state index contributed by atoms with van der Waals surface area (Å²) in [5.74, 6) is 2.02. The minimum atomic E-state index is 0.843. The molecule has 0 atom stereocenters. The maximum Gasteiger partial charge on any atom is 0.136 e. The SMILES string of the molecule is Cn1c(/C=C2/CCCO2)nc2ccccc21. The average Bonchev–Trinajstić information content (AvgIpc) is 2.90. The maximum atomic E-state index is 5.52. The summed E-state index contributed by atoms with van der Waals surface area (Å²) in [6, 6.07) is 8.16. The van der Waals surface area contributed by atoms with Gasteiger partial charge in [0, 0.05) is 19.5 Å². The molecule has 0 aliphatic carbocycles. The van der Waals surface area contributed by atoms with E-state index in [1.165, 1.54) is 0 Å². The molecular weight excluding hydrogens is 200 g/mol. The van der Waals surface area contributed by atoms with E-state index in [0.717, 1.165) is 42.1 Å². The summed E-state index contributed by atoms with van der Waals surface area (Å²) in [5.41, 5.74) is 2.20.